The molecule has 0 aliphatic heterocycles. The standard InChI is InChI=1S/C46H44F3N5O6/c1-29(51-43(58)38(26-30-13-5-2-6-14-30)52-40(55)27-31-15-7-3-8-16-31)41(56)45(60)54-39(28-35-19-11-12-20-36(35)46(47,48)49)44(59)53-37(42(50)57)25-32-21-23-34(24-22-32)33-17-9-4-10-18-33/h2-24,29,37-39H,25-28H2,1H3,(H2,50,57)(H,51,58)(H,52,55)(H,53,59)(H,54,60)/t29?,37-,38-,39-/m0/s1. The molecular formula is C46H44F3N5O6. The van der Waals surface area contributed by atoms with Gasteiger partial charge >= 0.3 is 6.18 Å². The van der Waals surface area contributed by atoms with Crippen molar-refractivity contribution < 1.29 is 41.9 Å². The number of hydrogen-bond acceptors (Lipinski definition) is 6. The van der Waals surface area contributed by atoms with Crippen LogP contribution in [0.5, 0.6) is 0 Å². The largest absolute Gasteiger partial charge is 0.416 e. The number of amides is 5. The Morgan fingerprint density at radius 3 is 1.62 bits per heavy atom. The summed E-state index contributed by atoms with van der Waals surface area (Å²) in [6.07, 6.45) is -5.65. The molecule has 0 aliphatic rings. The summed E-state index contributed by atoms with van der Waals surface area (Å²) in [6.45, 7) is 1.21. The van der Waals surface area contributed by atoms with Crippen molar-refractivity contribution in [2.45, 2.75) is 63.0 Å². The Hall–Kier alpha value is -7.09. The molecule has 5 amide bonds. The Balaban J connectivity index is 1.31. The molecule has 5 rings (SSSR count). The van der Waals surface area contributed by atoms with E-state index in [1.807, 2.05) is 42.5 Å². The van der Waals surface area contributed by atoms with Gasteiger partial charge in [0.1, 0.15) is 18.1 Å². The van der Waals surface area contributed by atoms with E-state index in [9.17, 15) is 41.9 Å². The number of halogens is 3. The first-order chi connectivity index (χ1) is 28.7. The first-order valence-electron chi connectivity index (χ1n) is 19.1. The second kappa shape index (κ2) is 20.6. The Labute approximate surface area is 345 Å². The minimum atomic E-state index is -4.83. The number of benzene rings is 5. The van der Waals surface area contributed by atoms with E-state index in [-0.39, 0.29) is 24.8 Å². The van der Waals surface area contributed by atoms with Gasteiger partial charge in [0.15, 0.2) is 0 Å². The predicted molar refractivity (Wildman–Crippen MR) is 219 cm³/mol. The van der Waals surface area contributed by atoms with Gasteiger partial charge in [-0.25, -0.2) is 0 Å². The fourth-order valence-electron chi connectivity index (χ4n) is 6.49. The van der Waals surface area contributed by atoms with E-state index in [1.165, 1.54) is 13.0 Å². The van der Waals surface area contributed by atoms with Gasteiger partial charge in [0.25, 0.3) is 5.91 Å². The van der Waals surface area contributed by atoms with Crippen molar-refractivity contribution in [3.63, 3.8) is 0 Å². The SMILES string of the molecule is CC(NC(=O)[C@H](Cc1ccccc1)NC(=O)Cc1ccccc1)C(=O)C(=O)N[C@@H](Cc1ccccc1C(F)(F)F)C(=O)N[C@@H](Cc1ccc(-c2ccccc2)cc1)C(N)=O. The molecule has 0 heterocycles. The van der Waals surface area contributed by atoms with E-state index in [4.69, 9.17) is 5.73 Å². The summed E-state index contributed by atoms with van der Waals surface area (Å²) < 4.78 is 42.1. The fourth-order valence-corrected chi connectivity index (χ4v) is 6.49. The summed E-state index contributed by atoms with van der Waals surface area (Å²) in [6, 6.07) is 32.8. The lowest BCUT2D eigenvalue weighted by molar-refractivity contribution is -0.142. The van der Waals surface area contributed by atoms with Gasteiger partial charge in [-0.15, -0.1) is 0 Å². The van der Waals surface area contributed by atoms with Crippen LogP contribution < -0.4 is 27.0 Å². The van der Waals surface area contributed by atoms with E-state index >= 15 is 0 Å². The zero-order valence-electron chi connectivity index (χ0n) is 32.6. The molecule has 310 valence electrons. The molecule has 0 fully saturated rings. The second-order valence-electron chi connectivity index (χ2n) is 14.2. The van der Waals surface area contributed by atoms with Crippen LogP contribution in [0, 0.1) is 0 Å². The van der Waals surface area contributed by atoms with E-state index in [1.54, 1.807) is 72.8 Å². The summed E-state index contributed by atoms with van der Waals surface area (Å²) in [7, 11) is 0. The molecule has 0 aliphatic carbocycles. The Morgan fingerprint density at radius 2 is 1.02 bits per heavy atom. The average Bonchev–Trinajstić information content (AvgIpc) is 3.23. The third-order valence-electron chi connectivity index (χ3n) is 9.65. The van der Waals surface area contributed by atoms with Crippen molar-refractivity contribution in [1.82, 2.24) is 21.3 Å². The molecule has 1 unspecified atom stereocenters. The molecule has 5 aromatic rings. The van der Waals surface area contributed by atoms with Gasteiger partial charge in [0.05, 0.1) is 18.0 Å². The van der Waals surface area contributed by atoms with Crippen molar-refractivity contribution >= 4 is 35.3 Å². The van der Waals surface area contributed by atoms with Gasteiger partial charge in [0, 0.05) is 19.3 Å². The van der Waals surface area contributed by atoms with Gasteiger partial charge in [-0.05, 0) is 46.4 Å². The monoisotopic (exact) mass is 819 g/mol. The smallest absolute Gasteiger partial charge is 0.368 e. The molecule has 0 spiro atoms. The van der Waals surface area contributed by atoms with E-state index in [2.05, 4.69) is 21.3 Å². The summed E-state index contributed by atoms with van der Waals surface area (Å²) in [5.41, 5.74) is 8.03. The summed E-state index contributed by atoms with van der Waals surface area (Å²) in [5.74, 6) is -5.93. The third kappa shape index (κ3) is 12.7. The number of alkyl halides is 3. The van der Waals surface area contributed by atoms with Gasteiger partial charge in [-0.2, -0.15) is 13.2 Å². The Kier molecular flexibility index (Phi) is 15.1. The van der Waals surface area contributed by atoms with Crippen molar-refractivity contribution in [2.75, 3.05) is 0 Å². The number of Topliss-reactive ketones (excluding diaryl/α,β-unsaturated/α-hetero) is 1. The molecule has 11 nitrogen and oxygen atoms in total. The van der Waals surface area contributed by atoms with Crippen LogP contribution in [0.4, 0.5) is 13.2 Å². The summed E-state index contributed by atoms with van der Waals surface area (Å²) >= 11 is 0. The van der Waals surface area contributed by atoms with Crippen molar-refractivity contribution in [2.24, 2.45) is 5.73 Å². The molecule has 0 aromatic heterocycles. The van der Waals surface area contributed by atoms with Crippen molar-refractivity contribution in [1.29, 1.82) is 0 Å². The van der Waals surface area contributed by atoms with E-state index in [0.29, 0.717) is 16.7 Å². The fraction of sp³-hybridized carbons (Fsp3) is 0.217. The normalized spacial score (nSPS) is 13.1. The van der Waals surface area contributed by atoms with Gasteiger partial charge in [-0.3, -0.25) is 28.8 Å². The van der Waals surface area contributed by atoms with Gasteiger partial charge in [0.2, 0.25) is 29.4 Å². The summed E-state index contributed by atoms with van der Waals surface area (Å²) in [5, 5.41) is 9.79. The Morgan fingerprint density at radius 1 is 0.533 bits per heavy atom. The number of hydrogen-bond donors (Lipinski definition) is 5. The molecule has 0 saturated heterocycles. The highest BCUT2D eigenvalue weighted by molar-refractivity contribution is 6.38. The average molecular weight is 820 g/mol. The molecule has 5 aromatic carbocycles. The van der Waals surface area contributed by atoms with Crippen LogP contribution in [0.1, 0.15) is 34.7 Å². The van der Waals surface area contributed by atoms with E-state index < -0.39 is 77.6 Å². The maximum absolute atomic E-state index is 14.0. The highest BCUT2D eigenvalue weighted by Crippen LogP contribution is 2.32. The zero-order chi connectivity index (χ0) is 43.2. The first kappa shape index (κ1) is 44.0. The predicted octanol–water partition coefficient (Wildman–Crippen LogP) is 4.66. The molecule has 4 atom stereocenters. The molecular weight excluding hydrogens is 776 g/mol. The lowest BCUT2D eigenvalue weighted by Gasteiger charge is -2.24. The third-order valence-corrected chi connectivity index (χ3v) is 9.65. The van der Waals surface area contributed by atoms with Crippen LogP contribution in [0.15, 0.2) is 140 Å². The molecule has 60 heavy (non-hydrogen) atoms. The Bertz CT molecular complexity index is 2270. The molecule has 14 heteroatoms. The second-order valence-corrected chi connectivity index (χ2v) is 14.2. The number of nitrogens with two attached hydrogens (primary N) is 1. The van der Waals surface area contributed by atoms with Gasteiger partial charge < -0.3 is 27.0 Å². The van der Waals surface area contributed by atoms with Gasteiger partial charge in [-0.1, -0.05) is 133 Å². The lowest BCUT2D eigenvalue weighted by atomic mass is 9.97. The van der Waals surface area contributed by atoms with Crippen LogP contribution in [-0.2, 0) is 60.6 Å². The van der Waals surface area contributed by atoms with Crippen LogP contribution in [0.25, 0.3) is 11.1 Å². The zero-order valence-corrected chi connectivity index (χ0v) is 32.6. The highest BCUT2D eigenvalue weighted by Gasteiger charge is 2.36. The molecule has 6 N–H and O–H groups in total. The van der Waals surface area contributed by atoms with Crippen LogP contribution in [0.3, 0.4) is 0 Å². The highest BCUT2D eigenvalue weighted by atomic mass is 19.4. The number of carbonyl (C=O) groups excluding carboxylic acids is 6. The van der Waals surface area contributed by atoms with Crippen molar-refractivity contribution in [3.05, 3.63) is 167 Å². The first-order valence-corrected chi connectivity index (χ1v) is 19.1. The topological polar surface area (TPSA) is 177 Å². The minimum Gasteiger partial charge on any atom is -0.368 e. The number of primary amides is 1. The number of rotatable bonds is 18. The number of ketones is 1. The van der Waals surface area contributed by atoms with Crippen LogP contribution in [0.2, 0.25) is 0 Å². The number of nitrogens with one attached hydrogen (secondary N) is 4. The quantitative estimate of drug-likeness (QED) is 0.0804. The van der Waals surface area contributed by atoms with Crippen LogP contribution >= 0.6 is 0 Å². The molecule has 0 radical (unpaired) electrons. The maximum Gasteiger partial charge on any atom is 0.416 e. The summed E-state index contributed by atoms with van der Waals surface area (Å²) in [4.78, 5) is 79.9. The van der Waals surface area contributed by atoms with E-state index in [0.717, 1.165) is 29.3 Å². The van der Waals surface area contributed by atoms with Crippen LogP contribution in [-0.4, -0.2) is 59.5 Å². The maximum atomic E-state index is 14.0. The molecule has 0 saturated carbocycles. The lowest BCUT2D eigenvalue weighted by Crippen LogP contribution is -2.57. The minimum absolute atomic E-state index is 0.0334. The van der Waals surface area contributed by atoms with Crippen molar-refractivity contribution in [3.8, 4) is 11.1 Å². The molecule has 0 bridgehead atoms. The number of carbonyl (C=O) groups is 6.